The van der Waals surface area contributed by atoms with Crippen molar-refractivity contribution in [3.05, 3.63) is 64.6 Å². The highest BCUT2D eigenvalue weighted by Gasteiger charge is 2.30. The molecule has 0 saturated carbocycles. The van der Waals surface area contributed by atoms with Crippen molar-refractivity contribution in [2.24, 2.45) is 0 Å². The fraction of sp³-hybridized carbons (Fsp3) is 0.143. The number of rotatable bonds is 4. The van der Waals surface area contributed by atoms with Gasteiger partial charge in [0.2, 0.25) is 0 Å². The first-order chi connectivity index (χ1) is 9.52. The fourth-order valence-corrected chi connectivity index (χ4v) is 2.89. The van der Waals surface area contributed by atoms with Gasteiger partial charge in [0.15, 0.2) is 0 Å². The van der Waals surface area contributed by atoms with Crippen LogP contribution >= 0.6 is 10.7 Å². The second-order valence-corrected chi connectivity index (χ2v) is 6.67. The van der Waals surface area contributed by atoms with Gasteiger partial charge in [0.1, 0.15) is 12.0 Å². The minimum Gasteiger partial charge on any atom is -0.363 e. The van der Waals surface area contributed by atoms with Gasteiger partial charge in [0, 0.05) is 10.7 Å². The lowest BCUT2D eigenvalue weighted by atomic mass is 10.1. The van der Waals surface area contributed by atoms with Crippen LogP contribution in [0.4, 0.5) is 0 Å². The van der Waals surface area contributed by atoms with Crippen LogP contribution in [0.2, 0.25) is 0 Å². The van der Waals surface area contributed by atoms with Crippen LogP contribution in [0.25, 0.3) is 0 Å². The highest BCUT2D eigenvalue weighted by atomic mass is 35.7. The van der Waals surface area contributed by atoms with Crippen LogP contribution in [0.5, 0.6) is 0 Å². The predicted octanol–water partition coefficient (Wildman–Crippen LogP) is 2.35. The van der Waals surface area contributed by atoms with Gasteiger partial charge in [-0.25, -0.2) is 13.2 Å². The first kappa shape index (κ1) is 14.8. The molecule has 0 aliphatic heterocycles. The molecule has 0 radical (unpaired) electrons. The molecular weight excluding hydrogens is 300 g/mol. The van der Waals surface area contributed by atoms with E-state index < -0.39 is 15.2 Å². The van der Waals surface area contributed by atoms with E-state index >= 15 is 0 Å². The van der Waals surface area contributed by atoms with Crippen molar-refractivity contribution in [3.8, 4) is 0 Å². The summed E-state index contributed by atoms with van der Waals surface area (Å²) >= 11 is 0. The molecule has 20 heavy (non-hydrogen) atoms. The Morgan fingerprint density at radius 1 is 1.25 bits per heavy atom. The van der Waals surface area contributed by atoms with Crippen molar-refractivity contribution in [2.45, 2.75) is 12.7 Å². The summed E-state index contributed by atoms with van der Waals surface area (Å²) in [4.78, 5) is 10.7. The fourth-order valence-electron chi connectivity index (χ4n) is 1.80. The zero-order valence-electron chi connectivity index (χ0n) is 10.3. The Balaban J connectivity index is 2.24. The van der Waals surface area contributed by atoms with E-state index in [1.807, 2.05) is 30.3 Å². The molecular formula is C14H11ClO4S. The van der Waals surface area contributed by atoms with E-state index in [-0.39, 0.29) is 17.1 Å². The predicted molar refractivity (Wildman–Crippen MR) is 76.2 cm³/mol. The zero-order valence-corrected chi connectivity index (χ0v) is 11.9. The molecule has 0 N–H and O–H groups in total. The Kier molecular flexibility index (Phi) is 4.57. The number of hydrogen-bond donors (Lipinski definition) is 0. The Labute approximate surface area is 121 Å². The molecule has 4 nitrogen and oxygen atoms in total. The molecule has 1 atom stereocenters. The maximum Gasteiger partial charge on any atom is 0.260 e. The summed E-state index contributed by atoms with van der Waals surface area (Å²) in [6, 6.07) is 9.21. The molecule has 1 aromatic carbocycles. The third-order valence-corrected chi connectivity index (χ3v) is 4.18. The van der Waals surface area contributed by atoms with Crippen molar-refractivity contribution >= 4 is 25.7 Å². The maximum absolute atomic E-state index is 11.5. The Hall–Kier alpha value is -1.65. The number of benzene rings is 1. The summed E-state index contributed by atoms with van der Waals surface area (Å²) in [6.07, 6.45) is 3.17. The summed E-state index contributed by atoms with van der Waals surface area (Å²) in [5, 5.41) is 0. The number of allylic oxidation sites excluding steroid dienone is 2. The van der Waals surface area contributed by atoms with E-state index in [4.69, 9.17) is 15.4 Å². The highest BCUT2D eigenvalue weighted by molar-refractivity contribution is 8.16. The van der Waals surface area contributed by atoms with Gasteiger partial charge in [-0.1, -0.05) is 36.4 Å². The summed E-state index contributed by atoms with van der Waals surface area (Å²) in [7, 11) is 1.39. The van der Waals surface area contributed by atoms with Gasteiger partial charge in [-0.2, -0.15) is 0 Å². The standard InChI is InChI=1S/C14H11ClO4S/c15-20(17,18)13-8-4-7-12(9-16)14(13)19-10-11-5-2-1-3-6-11/h1-8,14H,10H2. The second-order valence-electron chi connectivity index (χ2n) is 4.10. The second kappa shape index (κ2) is 6.20. The third kappa shape index (κ3) is 3.46. The number of ether oxygens (including phenoxy) is 1. The topological polar surface area (TPSA) is 60.4 Å². The van der Waals surface area contributed by atoms with Crippen LogP contribution < -0.4 is 0 Å². The molecule has 0 heterocycles. The summed E-state index contributed by atoms with van der Waals surface area (Å²) < 4.78 is 28.5. The molecule has 1 aliphatic rings. The van der Waals surface area contributed by atoms with E-state index in [0.717, 1.165) is 5.56 Å². The smallest absolute Gasteiger partial charge is 0.260 e. The summed E-state index contributed by atoms with van der Waals surface area (Å²) in [5.41, 5.74) is 0.960. The Morgan fingerprint density at radius 3 is 2.55 bits per heavy atom. The van der Waals surface area contributed by atoms with E-state index in [2.05, 4.69) is 0 Å². The number of carbonyl (C=O) groups excluding carboxylic acids is 1. The molecule has 1 aliphatic carbocycles. The van der Waals surface area contributed by atoms with E-state index in [0.29, 0.717) is 0 Å². The molecule has 0 fully saturated rings. The van der Waals surface area contributed by atoms with Gasteiger partial charge in [-0.3, -0.25) is 0 Å². The molecule has 1 aromatic rings. The van der Waals surface area contributed by atoms with Gasteiger partial charge in [-0.15, -0.1) is 0 Å². The summed E-state index contributed by atoms with van der Waals surface area (Å²) in [5.74, 6) is 1.68. The normalized spacial score (nSPS) is 18.6. The van der Waals surface area contributed by atoms with Gasteiger partial charge in [-0.05, 0) is 17.7 Å². The van der Waals surface area contributed by atoms with E-state index in [1.54, 1.807) is 5.94 Å². The van der Waals surface area contributed by atoms with E-state index in [1.165, 1.54) is 18.2 Å². The van der Waals surface area contributed by atoms with Gasteiger partial charge in [0.05, 0.1) is 17.1 Å². The monoisotopic (exact) mass is 310 g/mol. The lowest BCUT2D eigenvalue weighted by Gasteiger charge is -2.20. The van der Waals surface area contributed by atoms with E-state index in [9.17, 15) is 13.2 Å². The quantitative estimate of drug-likeness (QED) is 0.632. The molecule has 0 amide bonds. The highest BCUT2D eigenvalue weighted by Crippen LogP contribution is 2.28. The average molecular weight is 311 g/mol. The maximum atomic E-state index is 11.5. The van der Waals surface area contributed by atoms with Gasteiger partial charge in [0.25, 0.3) is 9.05 Å². The van der Waals surface area contributed by atoms with Gasteiger partial charge >= 0.3 is 0 Å². The lowest BCUT2D eigenvalue weighted by Crippen LogP contribution is -2.23. The molecule has 104 valence electrons. The van der Waals surface area contributed by atoms with Crippen molar-refractivity contribution in [1.29, 1.82) is 0 Å². The zero-order chi connectivity index (χ0) is 14.6. The first-order valence-electron chi connectivity index (χ1n) is 5.76. The van der Waals surface area contributed by atoms with Crippen LogP contribution in [0.15, 0.2) is 59.0 Å². The lowest BCUT2D eigenvalue weighted by molar-refractivity contribution is 0.0939. The average Bonchev–Trinajstić information content (AvgIpc) is 2.44. The molecule has 0 saturated heterocycles. The number of halogens is 1. The summed E-state index contributed by atoms with van der Waals surface area (Å²) in [6.45, 7) is 0.161. The number of hydrogen-bond acceptors (Lipinski definition) is 4. The largest absolute Gasteiger partial charge is 0.363 e. The van der Waals surface area contributed by atoms with Crippen molar-refractivity contribution in [3.63, 3.8) is 0 Å². The van der Waals surface area contributed by atoms with Crippen molar-refractivity contribution in [1.82, 2.24) is 0 Å². The molecule has 0 spiro atoms. The SMILES string of the molecule is O=C=C1C=CC=C(S(=O)(=O)Cl)C1OCc1ccccc1. The Bertz CT molecular complexity index is 698. The third-order valence-electron chi connectivity index (χ3n) is 2.74. The van der Waals surface area contributed by atoms with Crippen LogP contribution in [0, 0.1) is 0 Å². The molecule has 2 rings (SSSR count). The molecule has 6 heteroatoms. The van der Waals surface area contributed by atoms with Crippen molar-refractivity contribution in [2.75, 3.05) is 0 Å². The minimum absolute atomic E-state index is 0.0997. The van der Waals surface area contributed by atoms with Gasteiger partial charge < -0.3 is 4.74 Å². The van der Waals surface area contributed by atoms with Crippen LogP contribution in [-0.4, -0.2) is 20.5 Å². The Morgan fingerprint density at radius 2 is 1.95 bits per heavy atom. The first-order valence-corrected chi connectivity index (χ1v) is 8.07. The minimum atomic E-state index is -3.97. The van der Waals surface area contributed by atoms with Crippen LogP contribution in [0.3, 0.4) is 0 Å². The molecule has 0 aromatic heterocycles. The van der Waals surface area contributed by atoms with Crippen LogP contribution in [0.1, 0.15) is 5.56 Å². The van der Waals surface area contributed by atoms with Crippen LogP contribution in [-0.2, 0) is 25.2 Å². The molecule has 0 bridgehead atoms. The molecule has 1 unspecified atom stereocenters. The van der Waals surface area contributed by atoms with Crippen molar-refractivity contribution < 1.29 is 17.9 Å².